The third-order valence-electron chi connectivity index (χ3n) is 8.57. The van der Waals surface area contributed by atoms with Crippen molar-refractivity contribution in [2.75, 3.05) is 25.7 Å². The van der Waals surface area contributed by atoms with Crippen molar-refractivity contribution in [2.24, 2.45) is 0 Å². The van der Waals surface area contributed by atoms with Crippen LogP contribution in [0.25, 0.3) is 0 Å². The number of esters is 1. The first kappa shape index (κ1) is 44.7. The van der Waals surface area contributed by atoms with Gasteiger partial charge in [-0.3, -0.25) is 0 Å². The second-order valence-corrected chi connectivity index (χ2v) is 14.1. The summed E-state index contributed by atoms with van der Waals surface area (Å²) in [6.45, 7) is 0.612. The monoisotopic (exact) mass is 1120 g/mol. The highest BCUT2D eigenvalue weighted by Gasteiger charge is 2.51. The number of aliphatic hydroxyl groups is 3. The molecule has 286 valence electrons. The first-order valence-electron chi connectivity index (χ1n) is 15.9. The Morgan fingerprint density at radius 3 is 1.63 bits per heavy atom. The summed E-state index contributed by atoms with van der Waals surface area (Å²) in [7, 11) is 0. The number of thioether (sulfide) groups is 2. The van der Waals surface area contributed by atoms with Crippen molar-refractivity contribution in [1.29, 1.82) is 0 Å². The van der Waals surface area contributed by atoms with Crippen LogP contribution in [0.2, 0.25) is 5.02 Å². The molecule has 4 fully saturated rings. The molecule has 0 aromatic heterocycles. The van der Waals surface area contributed by atoms with E-state index in [0.29, 0.717) is 17.2 Å². The van der Waals surface area contributed by atoms with Crippen LogP contribution in [0.1, 0.15) is 34.1 Å². The van der Waals surface area contributed by atoms with Gasteiger partial charge in [0, 0.05) is 53.4 Å². The molecule has 3 aromatic rings. The maximum atomic E-state index is 12.6. The highest BCUT2D eigenvalue weighted by atomic mass is 128. The third-order valence-corrected chi connectivity index (χ3v) is 10.5. The van der Waals surface area contributed by atoms with Crippen molar-refractivity contribution in [1.82, 2.24) is 0 Å². The smallest absolute Gasteiger partial charge is 0.338 e. The van der Waals surface area contributed by atoms with Gasteiger partial charge in [0.05, 0.1) is 18.8 Å². The molecule has 3 aromatic carbocycles. The minimum atomic E-state index is -1.06. The van der Waals surface area contributed by atoms with Crippen molar-refractivity contribution in [3.8, 4) is 0 Å². The lowest BCUT2D eigenvalue weighted by molar-refractivity contribution is -0.318. The topological polar surface area (TPSA) is 142 Å². The van der Waals surface area contributed by atoms with Gasteiger partial charge in [0.1, 0.15) is 53.6 Å². The fourth-order valence-electron chi connectivity index (χ4n) is 5.99. The zero-order chi connectivity index (χ0) is 36.5. The molecule has 4 aliphatic rings. The number of aliphatic hydroxyl groups excluding tert-OH is 3. The predicted octanol–water partition coefficient (Wildman–Crippen LogP) is 6.73. The lowest BCUT2D eigenvalue weighted by Crippen LogP contribution is -2.61. The Kier molecular flexibility index (Phi) is 18.9. The zero-order valence-corrected chi connectivity index (χ0v) is 36.9. The van der Waals surface area contributed by atoms with Gasteiger partial charge < -0.3 is 48.5 Å². The maximum absolute atomic E-state index is 12.6. The van der Waals surface area contributed by atoms with E-state index in [9.17, 15) is 20.1 Å². The number of ether oxygens (including phenoxy) is 7. The number of benzene rings is 3. The summed E-state index contributed by atoms with van der Waals surface area (Å²) in [5, 5.41) is 31.8. The highest BCUT2D eigenvalue weighted by Crippen LogP contribution is 2.38. The molecule has 0 saturated carbocycles. The Balaban J connectivity index is 0.000000231. The van der Waals surface area contributed by atoms with Crippen molar-refractivity contribution in [3.05, 3.63) is 107 Å². The van der Waals surface area contributed by atoms with Gasteiger partial charge >= 0.3 is 5.97 Å². The first-order valence-corrected chi connectivity index (χ1v) is 25.2. The van der Waals surface area contributed by atoms with Crippen LogP contribution in [0.4, 0.5) is 0 Å². The van der Waals surface area contributed by atoms with Crippen LogP contribution in [-0.2, 0) is 33.2 Å². The number of hydrogen-bond donors (Lipinski definition) is 3. The molecule has 4 saturated heterocycles. The number of carbonyl (C=O) groups is 1. The second kappa shape index (κ2) is 22.0. The minimum absolute atomic E-state index is 0. The summed E-state index contributed by atoms with van der Waals surface area (Å²) >= 11 is 12.8. The fourth-order valence-corrected chi connectivity index (χ4v) is 7.55. The van der Waals surface area contributed by atoms with E-state index in [1.165, 1.54) is 23.5 Å². The Bertz CT molecular complexity index is 1500. The van der Waals surface area contributed by atoms with E-state index in [0.717, 1.165) is 11.1 Å². The van der Waals surface area contributed by atoms with E-state index in [1.54, 1.807) is 24.3 Å². The molecular weight excluding hydrogens is 1080 g/mol. The Morgan fingerprint density at radius 1 is 0.692 bits per heavy atom. The van der Waals surface area contributed by atoms with Gasteiger partial charge in [-0.05, 0) is 36.8 Å². The summed E-state index contributed by atoms with van der Waals surface area (Å²) in [6.07, 6.45) is -3.42. The normalized spacial score (nSPS) is 33.6. The van der Waals surface area contributed by atoms with Crippen LogP contribution in [0.15, 0.2) is 84.9 Å². The Labute approximate surface area is 356 Å². The van der Waals surface area contributed by atoms with Gasteiger partial charge in [-0.15, -0.1) is 47.5 Å². The Hall–Kier alpha value is -0.0500. The summed E-state index contributed by atoms with van der Waals surface area (Å²) in [5.41, 5.74) is 1.09. The van der Waals surface area contributed by atoms with Gasteiger partial charge in [-0.25, -0.2) is 4.79 Å². The number of fused-ring (bicyclic) bond motifs is 2. The number of rotatable bonds is 6. The van der Waals surface area contributed by atoms with E-state index >= 15 is 0 Å². The fraction of sp³-hybridized carbons (Fsp3) is 0.457. The molecule has 0 bridgehead atoms. The molecule has 7 rings (SSSR count). The van der Waals surface area contributed by atoms with Gasteiger partial charge in [0.2, 0.25) is 0 Å². The molecule has 12 atom stereocenters. The molecule has 0 aliphatic carbocycles. The van der Waals surface area contributed by atoms with E-state index in [1.807, 2.05) is 73.2 Å². The standard InChI is InChI=1S/C21H21ClO6S.C14H18O5S.I2.HI/c1-29-21-18(27-19(24)12-7-9-14(22)10-8-12)16(23)17-15(26-21)11-25-20(28-17)13-5-3-2-4-6-13;1-20-14-11(16)10(15)12-9(18-14)7-17-13(19-12)8-5-3-2-4-6-8;1-2;/h2-10,15-18,20-21,23H,11H2,1H3;2-6,9-16H,7H2,1H3;;1H. The molecule has 0 radical (unpaired) electrons. The lowest BCUT2D eigenvalue weighted by Gasteiger charge is -2.47. The van der Waals surface area contributed by atoms with Crippen LogP contribution in [0.3, 0.4) is 0 Å². The minimum Gasteiger partial charge on any atom is -0.452 e. The van der Waals surface area contributed by atoms with Crippen molar-refractivity contribution < 1.29 is 53.3 Å². The molecule has 0 spiro atoms. The quantitative estimate of drug-likeness (QED) is 0.178. The maximum Gasteiger partial charge on any atom is 0.338 e. The second-order valence-electron chi connectivity index (χ2n) is 11.8. The zero-order valence-electron chi connectivity index (χ0n) is 27.9. The third kappa shape index (κ3) is 11.1. The Morgan fingerprint density at radius 2 is 1.15 bits per heavy atom. The van der Waals surface area contributed by atoms with Crippen LogP contribution in [0.5, 0.6) is 0 Å². The summed E-state index contributed by atoms with van der Waals surface area (Å²) in [5.74, 6) is -0.557. The molecular formula is C35H40ClI3O11S2. The average molecular weight is 1120 g/mol. The van der Waals surface area contributed by atoms with Crippen molar-refractivity contribution in [3.63, 3.8) is 0 Å². The molecule has 11 nitrogen and oxygen atoms in total. The van der Waals surface area contributed by atoms with E-state index in [4.69, 9.17) is 44.8 Å². The van der Waals surface area contributed by atoms with E-state index in [-0.39, 0.29) is 36.7 Å². The predicted molar refractivity (Wildman–Crippen MR) is 226 cm³/mol. The van der Waals surface area contributed by atoms with Gasteiger partial charge in [-0.2, -0.15) is 0 Å². The molecule has 4 heterocycles. The largest absolute Gasteiger partial charge is 0.452 e. The average Bonchev–Trinajstić information content (AvgIpc) is 3.19. The molecule has 4 aliphatic heterocycles. The summed E-state index contributed by atoms with van der Waals surface area (Å²) in [6, 6.07) is 25.4. The molecule has 0 amide bonds. The molecule has 17 heteroatoms. The summed E-state index contributed by atoms with van der Waals surface area (Å²) < 4.78 is 40.6. The highest BCUT2D eigenvalue weighted by molar-refractivity contribution is 15.0. The van der Waals surface area contributed by atoms with Crippen LogP contribution < -0.4 is 0 Å². The van der Waals surface area contributed by atoms with Gasteiger partial charge in [0.25, 0.3) is 0 Å². The van der Waals surface area contributed by atoms with Crippen LogP contribution in [-0.4, -0.2) is 107 Å². The summed E-state index contributed by atoms with van der Waals surface area (Å²) in [4.78, 5) is 12.6. The molecule has 12 unspecified atom stereocenters. The lowest BCUT2D eigenvalue weighted by atomic mass is 9.98. The van der Waals surface area contributed by atoms with Crippen molar-refractivity contribution in [2.45, 2.75) is 72.3 Å². The number of carbonyl (C=O) groups excluding carboxylic acids is 1. The SMILES string of the molecule is CSC1OC2COC(c3ccccc3)OC2C(O)C1O.CSC1OC2COC(c3ccccc3)OC2C(O)C1OC(=O)c1ccc(Cl)cc1.I.II. The van der Waals surface area contributed by atoms with Gasteiger partial charge in [-0.1, -0.05) is 72.3 Å². The van der Waals surface area contributed by atoms with Gasteiger partial charge in [0.15, 0.2) is 18.7 Å². The van der Waals surface area contributed by atoms with Crippen LogP contribution in [0, 0.1) is 0 Å². The van der Waals surface area contributed by atoms with E-state index in [2.05, 4.69) is 37.2 Å². The number of halogens is 4. The molecule has 3 N–H and O–H groups in total. The van der Waals surface area contributed by atoms with Crippen molar-refractivity contribution >= 4 is 102 Å². The van der Waals surface area contributed by atoms with E-state index < -0.39 is 72.1 Å². The first-order chi connectivity index (χ1) is 24.8. The molecule has 52 heavy (non-hydrogen) atoms. The number of hydrogen-bond acceptors (Lipinski definition) is 13. The van der Waals surface area contributed by atoms with Crippen LogP contribution >= 0.6 is 96.3 Å².